The van der Waals surface area contributed by atoms with E-state index in [1.165, 1.54) is 88.8 Å². The first kappa shape index (κ1) is 26.2. The third-order valence-electron chi connectivity index (χ3n) is 9.07. The van der Waals surface area contributed by atoms with E-state index in [0.717, 1.165) is 5.69 Å². The number of rotatable bonds is 4. The first-order valence-electron chi connectivity index (χ1n) is 15.4. The van der Waals surface area contributed by atoms with Gasteiger partial charge >= 0.3 is 0 Å². The van der Waals surface area contributed by atoms with Crippen molar-refractivity contribution >= 4 is 84.6 Å². The van der Waals surface area contributed by atoms with E-state index in [0.29, 0.717) is 0 Å². The fourth-order valence-electron chi connectivity index (χ4n) is 6.64. The highest BCUT2D eigenvalue weighted by Crippen LogP contribution is 2.46. The minimum absolute atomic E-state index is 1.15. The minimum atomic E-state index is 1.15. The summed E-state index contributed by atoms with van der Waals surface area (Å²) in [6.07, 6.45) is 0. The van der Waals surface area contributed by atoms with Crippen LogP contribution in [-0.2, 0) is 0 Å². The van der Waals surface area contributed by atoms with E-state index < -0.39 is 0 Å². The molecule has 46 heavy (non-hydrogen) atoms. The van der Waals surface area contributed by atoms with Crippen LogP contribution in [0.15, 0.2) is 146 Å². The molecule has 4 heteroatoms. The Hall–Kier alpha value is -5.00. The van der Waals surface area contributed by atoms with Gasteiger partial charge in [-0.3, -0.25) is 0 Å². The lowest BCUT2D eigenvalue weighted by Gasteiger charge is -2.05. The third kappa shape index (κ3) is 4.26. The number of hydrogen-bond acceptors (Lipinski definition) is 3. The zero-order valence-corrected chi connectivity index (χ0v) is 27.0. The van der Waals surface area contributed by atoms with Crippen LogP contribution in [-0.4, -0.2) is 4.98 Å². The zero-order valence-electron chi connectivity index (χ0n) is 24.6. The summed E-state index contributed by atoms with van der Waals surface area (Å²) < 4.78 is 6.83. The largest absolute Gasteiger partial charge is 0.355 e. The molecule has 0 atom stereocenters. The Balaban J connectivity index is 0.950. The predicted molar refractivity (Wildman–Crippen MR) is 204 cm³/mol. The van der Waals surface area contributed by atoms with Crippen LogP contribution in [0, 0.1) is 0 Å². The fraction of sp³-hybridized carbons (Fsp3) is 0. The van der Waals surface area contributed by atoms with Crippen LogP contribution in [0.2, 0.25) is 0 Å². The van der Waals surface area contributed by atoms with Crippen molar-refractivity contribution in [2.45, 2.75) is 0 Å². The number of thiophene rings is 3. The Morgan fingerprint density at radius 2 is 0.913 bits per heavy atom. The number of hydrogen-bond donors (Lipinski definition) is 1. The molecular weight excluding hydrogens is 615 g/mol. The molecule has 0 aliphatic heterocycles. The molecule has 0 saturated heterocycles. The summed E-state index contributed by atoms with van der Waals surface area (Å²) in [5, 5.41) is 5.27. The molecule has 216 valence electrons. The van der Waals surface area contributed by atoms with Crippen molar-refractivity contribution in [3.05, 3.63) is 146 Å². The number of fused-ring (bicyclic) bond motifs is 7. The molecule has 0 unspecified atom stereocenters. The molecule has 0 saturated carbocycles. The average molecular weight is 640 g/mol. The van der Waals surface area contributed by atoms with Gasteiger partial charge in [-0.2, -0.15) is 0 Å². The summed E-state index contributed by atoms with van der Waals surface area (Å²) in [5.41, 5.74) is 9.84. The molecule has 1 N–H and O–H groups in total. The Morgan fingerprint density at radius 3 is 1.54 bits per heavy atom. The van der Waals surface area contributed by atoms with Crippen LogP contribution in [0.1, 0.15) is 0 Å². The van der Waals surface area contributed by atoms with Crippen LogP contribution in [0.5, 0.6) is 0 Å². The van der Waals surface area contributed by atoms with Crippen LogP contribution in [0.4, 0.5) is 0 Å². The lowest BCUT2D eigenvalue weighted by molar-refractivity contribution is 1.45. The van der Waals surface area contributed by atoms with Crippen LogP contribution >= 0.6 is 34.0 Å². The molecule has 0 amide bonds. The Labute approximate surface area is 277 Å². The van der Waals surface area contributed by atoms with Gasteiger partial charge in [-0.1, -0.05) is 109 Å². The molecule has 0 fully saturated rings. The number of nitrogens with one attached hydrogen (secondary N) is 1. The quantitative estimate of drug-likeness (QED) is 0.197. The van der Waals surface area contributed by atoms with Crippen molar-refractivity contribution in [2.24, 2.45) is 0 Å². The summed E-state index contributed by atoms with van der Waals surface area (Å²) in [5.74, 6) is 0. The van der Waals surface area contributed by atoms with Crippen molar-refractivity contribution < 1.29 is 0 Å². The second-order valence-corrected chi connectivity index (χ2v) is 15.0. The molecular formula is C42H25NS3. The predicted octanol–water partition coefficient (Wildman–Crippen LogP) is 13.6. The maximum Gasteiger partial charge on any atom is 0.0542 e. The van der Waals surface area contributed by atoms with E-state index in [9.17, 15) is 0 Å². The summed E-state index contributed by atoms with van der Waals surface area (Å²) in [6, 6.07) is 53.5. The van der Waals surface area contributed by atoms with Gasteiger partial charge < -0.3 is 4.98 Å². The number of aromatic nitrogens is 1. The Bertz CT molecular complexity index is 2480. The summed E-state index contributed by atoms with van der Waals surface area (Å²) in [6.45, 7) is 0. The zero-order chi connectivity index (χ0) is 30.2. The van der Waals surface area contributed by atoms with Crippen molar-refractivity contribution in [3.8, 4) is 44.0 Å². The third-order valence-corrected chi connectivity index (χ3v) is 12.7. The maximum atomic E-state index is 3.55. The molecule has 6 aromatic carbocycles. The van der Waals surface area contributed by atoms with Gasteiger partial charge in [0.05, 0.1) is 9.40 Å². The number of benzene rings is 6. The van der Waals surface area contributed by atoms with E-state index in [1.807, 2.05) is 34.0 Å². The molecule has 0 radical (unpaired) electrons. The maximum absolute atomic E-state index is 3.55. The normalized spacial score (nSPS) is 11.9. The van der Waals surface area contributed by atoms with E-state index >= 15 is 0 Å². The van der Waals surface area contributed by atoms with Crippen molar-refractivity contribution in [1.82, 2.24) is 4.98 Å². The Morgan fingerprint density at radius 1 is 0.370 bits per heavy atom. The SMILES string of the molecule is c1ccc2[nH]c(-c3ccc(-c4ccc5c(c4)sc4c6ccc(-c7ccc(-c8cc9ccccc9s8)cc7)cc6sc54)cc3)cc2c1. The van der Waals surface area contributed by atoms with Gasteiger partial charge in [0.2, 0.25) is 0 Å². The number of H-pyrrole nitrogens is 1. The molecule has 1 nitrogen and oxygen atoms in total. The van der Waals surface area contributed by atoms with Gasteiger partial charge in [-0.05, 0) is 75.2 Å². The first-order chi connectivity index (χ1) is 22.7. The summed E-state index contributed by atoms with van der Waals surface area (Å²) >= 11 is 5.70. The van der Waals surface area contributed by atoms with Crippen molar-refractivity contribution in [2.75, 3.05) is 0 Å². The lowest BCUT2D eigenvalue weighted by Crippen LogP contribution is -1.80. The van der Waals surface area contributed by atoms with Crippen molar-refractivity contribution in [1.29, 1.82) is 0 Å². The standard InChI is InChI=1S/C42H25NS3/c1-3-7-35-31(5-1)21-36(43-35)27-13-9-25(10-14-27)29-17-19-33-39(22-29)45-42-34-20-18-30(23-40(34)46-41(33)42)26-11-15-28(16-12-26)38-24-32-6-2-4-8-37(32)44-38/h1-24,43H. The van der Waals surface area contributed by atoms with E-state index in [2.05, 4.69) is 151 Å². The molecule has 4 heterocycles. The smallest absolute Gasteiger partial charge is 0.0542 e. The molecule has 0 bridgehead atoms. The van der Waals surface area contributed by atoms with E-state index in [1.54, 1.807) is 0 Å². The van der Waals surface area contributed by atoms with Gasteiger partial charge in [-0.15, -0.1) is 34.0 Å². The van der Waals surface area contributed by atoms with Crippen molar-refractivity contribution in [3.63, 3.8) is 0 Å². The van der Waals surface area contributed by atoms with Gasteiger partial charge in [0, 0.05) is 46.3 Å². The van der Waals surface area contributed by atoms with Gasteiger partial charge in [0.25, 0.3) is 0 Å². The molecule has 4 aromatic heterocycles. The highest BCUT2D eigenvalue weighted by Gasteiger charge is 2.14. The molecule has 0 spiro atoms. The molecule has 0 aliphatic carbocycles. The fourth-order valence-corrected chi connectivity index (χ4v) is 10.4. The van der Waals surface area contributed by atoms with E-state index in [-0.39, 0.29) is 0 Å². The van der Waals surface area contributed by atoms with E-state index in [4.69, 9.17) is 0 Å². The highest BCUT2D eigenvalue weighted by molar-refractivity contribution is 7.36. The van der Waals surface area contributed by atoms with Crippen LogP contribution in [0.25, 0.3) is 94.5 Å². The molecule has 10 rings (SSSR count). The van der Waals surface area contributed by atoms with Crippen LogP contribution < -0.4 is 0 Å². The molecule has 10 aromatic rings. The highest BCUT2D eigenvalue weighted by atomic mass is 32.1. The summed E-state index contributed by atoms with van der Waals surface area (Å²) in [7, 11) is 0. The Kier molecular flexibility index (Phi) is 5.85. The lowest BCUT2D eigenvalue weighted by atomic mass is 10.0. The van der Waals surface area contributed by atoms with Gasteiger partial charge in [0.1, 0.15) is 0 Å². The number of aromatic amines is 1. The van der Waals surface area contributed by atoms with Gasteiger partial charge in [-0.25, -0.2) is 0 Å². The minimum Gasteiger partial charge on any atom is -0.355 e. The monoisotopic (exact) mass is 639 g/mol. The topological polar surface area (TPSA) is 15.8 Å². The second-order valence-electron chi connectivity index (χ2n) is 11.9. The molecule has 0 aliphatic rings. The average Bonchev–Trinajstić information content (AvgIpc) is 3.89. The number of para-hydroxylation sites is 1. The first-order valence-corrected chi connectivity index (χ1v) is 17.9. The second kappa shape index (κ2) is 10.3. The summed E-state index contributed by atoms with van der Waals surface area (Å²) in [4.78, 5) is 4.87. The van der Waals surface area contributed by atoms with Crippen LogP contribution in [0.3, 0.4) is 0 Å². The van der Waals surface area contributed by atoms with Gasteiger partial charge in [0.15, 0.2) is 0 Å².